The van der Waals surface area contributed by atoms with Crippen LogP contribution in [-0.2, 0) is 17.6 Å². The van der Waals surface area contributed by atoms with Crippen LogP contribution in [0.4, 0.5) is 14.9 Å². The van der Waals surface area contributed by atoms with E-state index < -0.39 is 0 Å². The highest BCUT2D eigenvalue weighted by atomic mass is 32.1. The van der Waals surface area contributed by atoms with E-state index >= 15 is 0 Å². The maximum Gasteiger partial charge on any atom is 0.321 e. The molecule has 3 heterocycles. The molecular weight excluding hydrogens is 487 g/mol. The molecule has 0 unspecified atom stereocenters. The number of carbonyl (C=O) groups is 2. The smallest absolute Gasteiger partial charge is 0.321 e. The maximum atomic E-state index is 14.1. The number of halogens is 1. The molecule has 37 heavy (non-hydrogen) atoms. The summed E-state index contributed by atoms with van der Waals surface area (Å²) in [5.41, 5.74) is 4.05. The number of aryl methyl sites for hydroxylation is 1. The van der Waals surface area contributed by atoms with Crippen LogP contribution >= 0.6 is 11.3 Å². The number of anilines is 1. The Bertz CT molecular complexity index is 1240. The van der Waals surface area contributed by atoms with E-state index in [2.05, 4.69) is 28.6 Å². The molecule has 1 saturated heterocycles. The summed E-state index contributed by atoms with van der Waals surface area (Å²) >= 11 is 1.73. The zero-order valence-corrected chi connectivity index (χ0v) is 22.0. The molecule has 3 amide bonds. The van der Waals surface area contributed by atoms with Gasteiger partial charge in [0.1, 0.15) is 5.82 Å². The summed E-state index contributed by atoms with van der Waals surface area (Å²) in [7, 11) is 0. The predicted molar refractivity (Wildman–Crippen MR) is 145 cm³/mol. The predicted octanol–water partition coefficient (Wildman–Crippen LogP) is 5.16. The number of urea groups is 1. The van der Waals surface area contributed by atoms with Gasteiger partial charge in [0.25, 0.3) is 0 Å². The molecule has 0 spiro atoms. The lowest BCUT2D eigenvalue weighted by molar-refractivity contribution is -0.132. The van der Waals surface area contributed by atoms with Gasteiger partial charge in [-0.3, -0.25) is 9.69 Å². The first kappa shape index (κ1) is 25.4. The van der Waals surface area contributed by atoms with Crippen molar-refractivity contribution < 1.29 is 14.0 Å². The largest absolute Gasteiger partial charge is 0.340 e. The van der Waals surface area contributed by atoms with Crippen LogP contribution in [0.3, 0.4) is 0 Å². The zero-order valence-electron chi connectivity index (χ0n) is 21.2. The Balaban J connectivity index is 1.22. The molecule has 5 rings (SSSR count). The van der Waals surface area contributed by atoms with Crippen molar-refractivity contribution in [2.24, 2.45) is 0 Å². The van der Waals surface area contributed by atoms with Gasteiger partial charge in [-0.25, -0.2) is 9.18 Å². The quantitative estimate of drug-likeness (QED) is 0.506. The molecule has 1 aromatic heterocycles. The van der Waals surface area contributed by atoms with E-state index in [1.54, 1.807) is 28.4 Å². The van der Waals surface area contributed by atoms with Crippen LogP contribution in [0.1, 0.15) is 41.0 Å². The Kier molecular flexibility index (Phi) is 7.86. The lowest BCUT2D eigenvalue weighted by atomic mass is 9.93. The number of hydrogen-bond donors (Lipinski definition) is 1. The van der Waals surface area contributed by atoms with Gasteiger partial charge in [0.2, 0.25) is 5.91 Å². The molecule has 3 aromatic rings. The maximum absolute atomic E-state index is 14.1. The number of amides is 3. The Hall–Kier alpha value is -3.23. The minimum atomic E-state index is -0.265. The second kappa shape index (κ2) is 11.4. The Morgan fingerprint density at radius 3 is 2.57 bits per heavy atom. The van der Waals surface area contributed by atoms with E-state index in [0.717, 1.165) is 37.1 Å². The number of nitrogens with zero attached hydrogens (tertiary/aromatic N) is 3. The molecule has 0 bridgehead atoms. The standard InChI is InChI=1S/C29H33FN4O2S/c1-2-21-7-9-24(10-8-21)31-29(36)33-14-4-13-32(16-17-33)27(35)20-34-15-11-26-25(12-18-37-26)28(34)22-5-3-6-23(30)19-22/h3,5-10,12,18-19,28H,2,4,11,13-17,20H2,1H3,(H,31,36)/t28-/m0/s1. The van der Waals surface area contributed by atoms with Gasteiger partial charge >= 0.3 is 6.03 Å². The van der Waals surface area contributed by atoms with Crippen molar-refractivity contribution in [1.29, 1.82) is 0 Å². The number of fused-ring (bicyclic) bond motifs is 1. The molecule has 0 saturated carbocycles. The van der Waals surface area contributed by atoms with Gasteiger partial charge in [0, 0.05) is 43.3 Å². The van der Waals surface area contributed by atoms with Crippen molar-refractivity contribution in [3.05, 3.63) is 87.4 Å². The molecule has 0 aliphatic carbocycles. The molecular formula is C29H33FN4O2S. The molecule has 6 nitrogen and oxygen atoms in total. The highest BCUT2D eigenvalue weighted by molar-refractivity contribution is 7.10. The SMILES string of the molecule is CCc1ccc(NC(=O)N2CCCN(C(=O)CN3CCc4sccc4[C@@H]3c3cccc(F)c3)CC2)cc1. The van der Waals surface area contributed by atoms with Crippen molar-refractivity contribution >= 4 is 29.0 Å². The van der Waals surface area contributed by atoms with Gasteiger partial charge in [-0.05, 0) is 71.7 Å². The van der Waals surface area contributed by atoms with Gasteiger partial charge < -0.3 is 15.1 Å². The third-order valence-electron chi connectivity index (χ3n) is 7.32. The van der Waals surface area contributed by atoms with Crippen LogP contribution in [0.2, 0.25) is 0 Å². The van der Waals surface area contributed by atoms with E-state index in [4.69, 9.17) is 0 Å². The molecule has 1 atom stereocenters. The number of rotatable bonds is 5. The van der Waals surface area contributed by atoms with Crippen LogP contribution in [0.25, 0.3) is 0 Å². The summed E-state index contributed by atoms with van der Waals surface area (Å²) in [5, 5.41) is 5.06. The van der Waals surface area contributed by atoms with Gasteiger partial charge in [0.15, 0.2) is 0 Å². The minimum absolute atomic E-state index is 0.0532. The van der Waals surface area contributed by atoms with Crippen LogP contribution in [0.5, 0.6) is 0 Å². The molecule has 194 valence electrons. The fourth-order valence-electron chi connectivity index (χ4n) is 5.28. The number of thiophene rings is 1. The minimum Gasteiger partial charge on any atom is -0.340 e. The Morgan fingerprint density at radius 2 is 1.78 bits per heavy atom. The molecule has 1 N–H and O–H groups in total. The fraction of sp³-hybridized carbons (Fsp3) is 0.379. The van der Waals surface area contributed by atoms with Gasteiger partial charge in [-0.1, -0.05) is 31.2 Å². The lowest BCUT2D eigenvalue weighted by Crippen LogP contribution is -2.45. The normalized spacial score (nSPS) is 18.3. The van der Waals surface area contributed by atoms with E-state index in [1.807, 2.05) is 35.2 Å². The van der Waals surface area contributed by atoms with E-state index in [9.17, 15) is 14.0 Å². The summed E-state index contributed by atoms with van der Waals surface area (Å²) < 4.78 is 14.1. The summed E-state index contributed by atoms with van der Waals surface area (Å²) in [4.78, 5) is 33.4. The third kappa shape index (κ3) is 5.86. The summed E-state index contributed by atoms with van der Waals surface area (Å²) in [6.45, 7) is 5.35. The van der Waals surface area contributed by atoms with Crippen molar-refractivity contribution in [3.63, 3.8) is 0 Å². The molecule has 2 aromatic carbocycles. The Labute approximate surface area is 221 Å². The van der Waals surface area contributed by atoms with Crippen LogP contribution in [-0.4, -0.2) is 65.9 Å². The molecule has 2 aliphatic heterocycles. The molecule has 0 radical (unpaired) electrons. The molecule has 2 aliphatic rings. The van der Waals surface area contributed by atoms with Crippen molar-refractivity contribution in [3.8, 4) is 0 Å². The first-order chi connectivity index (χ1) is 18.0. The van der Waals surface area contributed by atoms with E-state index in [-0.39, 0.29) is 30.3 Å². The average Bonchev–Trinajstić information content (AvgIpc) is 3.24. The third-order valence-corrected chi connectivity index (χ3v) is 8.31. The van der Waals surface area contributed by atoms with Crippen LogP contribution in [0, 0.1) is 5.82 Å². The second-order valence-corrected chi connectivity index (χ2v) is 10.7. The van der Waals surface area contributed by atoms with Crippen LogP contribution < -0.4 is 5.32 Å². The highest BCUT2D eigenvalue weighted by Gasteiger charge is 2.32. The monoisotopic (exact) mass is 520 g/mol. The average molecular weight is 521 g/mol. The summed E-state index contributed by atoms with van der Waals surface area (Å²) in [6.07, 6.45) is 2.58. The molecule has 1 fully saturated rings. The zero-order chi connectivity index (χ0) is 25.8. The molecule has 8 heteroatoms. The van der Waals surface area contributed by atoms with Crippen molar-refractivity contribution in [2.45, 2.75) is 32.2 Å². The van der Waals surface area contributed by atoms with Gasteiger partial charge in [-0.15, -0.1) is 11.3 Å². The van der Waals surface area contributed by atoms with Gasteiger partial charge in [-0.2, -0.15) is 0 Å². The first-order valence-electron chi connectivity index (χ1n) is 13.0. The number of hydrogen-bond acceptors (Lipinski definition) is 4. The number of nitrogens with one attached hydrogen (secondary N) is 1. The lowest BCUT2D eigenvalue weighted by Gasteiger charge is -2.37. The topological polar surface area (TPSA) is 55.9 Å². The van der Waals surface area contributed by atoms with Crippen molar-refractivity contribution in [2.75, 3.05) is 44.6 Å². The van der Waals surface area contributed by atoms with E-state index in [1.165, 1.54) is 22.1 Å². The number of benzene rings is 2. The van der Waals surface area contributed by atoms with Crippen molar-refractivity contribution in [1.82, 2.24) is 14.7 Å². The fourth-order valence-corrected chi connectivity index (χ4v) is 6.18. The highest BCUT2D eigenvalue weighted by Crippen LogP contribution is 2.37. The van der Waals surface area contributed by atoms with Gasteiger partial charge in [0.05, 0.1) is 12.6 Å². The Morgan fingerprint density at radius 1 is 1.00 bits per heavy atom. The second-order valence-electron chi connectivity index (χ2n) is 9.68. The van der Waals surface area contributed by atoms with E-state index in [0.29, 0.717) is 26.2 Å². The number of carbonyl (C=O) groups excluding carboxylic acids is 2. The summed E-state index contributed by atoms with van der Waals surface area (Å²) in [6, 6.07) is 16.4. The first-order valence-corrected chi connectivity index (χ1v) is 13.9. The van der Waals surface area contributed by atoms with Crippen LogP contribution in [0.15, 0.2) is 60.0 Å². The summed E-state index contributed by atoms with van der Waals surface area (Å²) in [5.74, 6) is -0.212.